The molecular weight excluding hydrogens is 192 g/mol. The fourth-order valence-corrected chi connectivity index (χ4v) is 3.26. The molecule has 0 amide bonds. The predicted molar refractivity (Wildman–Crippen MR) is 56.1 cm³/mol. The van der Waals surface area contributed by atoms with Crippen molar-refractivity contribution in [3.05, 3.63) is 5.82 Å². The van der Waals surface area contributed by atoms with Gasteiger partial charge >= 0.3 is 0 Å². The minimum absolute atomic E-state index is 0.176. The highest BCUT2D eigenvalue weighted by molar-refractivity contribution is 5.23. The lowest BCUT2D eigenvalue weighted by atomic mass is 9.84. The van der Waals surface area contributed by atoms with Crippen LogP contribution in [0, 0.1) is 11.8 Å². The summed E-state index contributed by atoms with van der Waals surface area (Å²) in [6.07, 6.45) is 3.69. The molecule has 2 aliphatic rings. The van der Waals surface area contributed by atoms with Gasteiger partial charge in [0.2, 0.25) is 5.95 Å². The summed E-state index contributed by atoms with van der Waals surface area (Å²) in [7, 11) is 0. The highest BCUT2D eigenvalue weighted by Gasteiger charge is 2.48. The second-order valence-corrected chi connectivity index (χ2v) is 4.72. The SMILES string of the molecule is Nc1nnc(C2C3CCC(C3)C2N)n1N. The summed E-state index contributed by atoms with van der Waals surface area (Å²) >= 11 is 0. The molecule has 6 N–H and O–H groups in total. The van der Waals surface area contributed by atoms with Gasteiger partial charge in [0.05, 0.1) is 0 Å². The topological polar surface area (TPSA) is 109 Å². The summed E-state index contributed by atoms with van der Waals surface area (Å²) in [5, 5.41) is 7.84. The second-order valence-electron chi connectivity index (χ2n) is 4.72. The monoisotopic (exact) mass is 208 g/mol. The Labute approximate surface area is 87.8 Å². The van der Waals surface area contributed by atoms with Crippen molar-refractivity contribution in [3.8, 4) is 0 Å². The Kier molecular flexibility index (Phi) is 1.70. The van der Waals surface area contributed by atoms with Crippen LogP contribution >= 0.6 is 0 Å². The summed E-state index contributed by atoms with van der Waals surface area (Å²) in [5.74, 6) is 8.31. The van der Waals surface area contributed by atoms with Crippen molar-refractivity contribution < 1.29 is 0 Å². The van der Waals surface area contributed by atoms with Gasteiger partial charge in [-0.05, 0) is 31.1 Å². The predicted octanol–water partition coefficient (Wildman–Crippen LogP) is -0.585. The number of fused-ring (bicyclic) bond motifs is 2. The van der Waals surface area contributed by atoms with Crippen molar-refractivity contribution >= 4 is 5.95 Å². The van der Waals surface area contributed by atoms with E-state index in [1.165, 1.54) is 23.9 Å². The molecule has 2 aliphatic carbocycles. The summed E-state index contributed by atoms with van der Waals surface area (Å²) in [4.78, 5) is 0. The fraction of sp³-hybridized carbons (Fsp3) is 0.778. The Bertz CT molecular complexity index is 384. The van der Waals surface area contributed by atoms with E-state index in [4.69, 9.17) is 17.3 Å². The molecule has 15 heavy (non-hydrogen) atoms. The molecule has 82 valence electrons. The quantitative estimate of drug-likeness (QED) is 0.535. The van der Waals surface area contributed by atoms with Gasteiger partial charge in [0.15, 0.2) is 5.82 Å². The van der Waals surface area contributed by atoms with E-state index in [0.717, 1.165) is 5.82 Å². The molecule has 0 spiro atoms. The summed E-state index contributed by atoms with van der Waals surface area (Å²) in [6, 6.07) is 0.176. The van der Waals surface area contributed by atoms with E-state index in [2.05, 4.69) is 10.2 Å². The Morgan fingerprint density at radius 3 is 2.47 bits per heavy atom. The van der Waals surface area contributed by atoms with Crippen molar-refractivity contribution in [3.63, 3.8) is 0 Å². The van der Waals surface area contributed by atoms with Crippen LogP contribution in [-0.4, -0.2) is 20.9 Å². The number of rotatable bonds is 1. The van der Waals surface area contributed by atoms with Crippen molar-refractivity contribution in [2.45, 2.75) is 31.2 Å². The number of hydrogen-bond acceptors (Lipinski definition) is 5. The highest BCUT2D eigenvalue weighted by atomic mass is 15.4. The molecule has 6 heteroatoms. The molecule has 2 fully saturated rings. The van der Waals surface area contributed by atoms with E-state index < -0.39 is 0 Å². The maximum Gasteiger partial charge on any atom is 0.240 e. The molecule has 1 heterocycles. The third-order valence-corrected chi connectivity index (χ3v) is 4.03. The van der Waals surface area contributed by atoms with Crippen molar-refractivity contribution in [2.75, 3.05) is 11.6 Å². The smallest absolute Gasteiger partial charge is 0.240 e. The van der Waals surface area contributed by atoms with Gasteiger partial charge in [-0.3, -0.25) is 0 Å². The third kappa shape index (κ3) is 1.08. The maximum atomic E-state index is 6.20. The number of nitrogens with zero attached hydrogens (tertiary/aromatic N) is 3. The van der Waals surface area contributed by atoms with Gasteiger partial charge < -0.3 is 17.3 Å². The molecule has 4 atom stereocenters. The van der Waals surface area contributed by atoms with E-state index in [9.17, 15) is 0 Å². The van der Waals surface area contributed by atoms with E-state index in [-0.39, 0.29) is 17.9 Å². The maximum absolute atomic E-state index is 6.20. The first-order valence-corrected chi connectivity index (χ1v) is 5.40. The van der Waals surface area contributed by atoms with Gasteiger partial charge in [-0.2, -0.15) is 0 Å². The molecule has 2 bridgehead atoms. The van der Waals surface area contributed by atoms with E-state index in [0.29, 0.717) is 11.8 Å². The Hall–Kier alpha value is -1.30. The van der Waals surface area contributed by atoms with Crippen LogP contribution in [0.5, 0.6) is 0 Å². The molecule has 3 rings (SSSR count). The Balaban J connectivity index is 1.98. The summed E-state index contributed by atoms with van der Waals surface area (Å²) < 4.78 is 1.38. The minimum Gasteiger partial charge on any atom is -0.366 e. The van der Waals surface area contributed by atoms with Crippen LogP contribution in [0.2, 0.25) is 0 Å². The van der Waals surface area contributed by atoms with Gasteiger partial charge in [-0.25, -0.2) is 4.68 Å². The average Bonchev–Trinajstić information content (AvgIpc) is 2.86. The van der Waals surface area contributed by atoms with Gasteiger partial charge in [-0.1, -0.05) is 0 Å². The lowest BCUT2D eigenvalue weighted by Gasteiger charge is -2.26. The molecule has 0 aromatic carbocycles. The lowest BCUT2D eigenvalue weighted by Crippen LogP contribution is -2.36. The number of nitrogens with two attached hydrogens (primary N) is 3. The van der Waals surface area contributed by atoms with Crippen molar-refractivity contribution in [2.24, 2.45) is 17.6 Å². The first-order valence-electron chi connectivity index (χ1n) is 5.40. The minimum atomic E-state index is 0.176. The lowest BCUT2D eigenvalue weighted by molar-refractivity contribution is 0.350. The second kappa shape index (κ2) is 2.85. The van der Waals surface area contributed by atoms with Crippen LogP contribution in [0.15, 0.2) is 0 Å². The summed E-state index contributed by atoms with van der Waals surface area (Å²) in [5.41, 5.74) is 11.8. The fourth-order valence-electron chi connectivity index (χ4n) is 3.26. The normalized spacial score (nSPS) is 38.7. The summed E-state index contributed by atoms with van der Waals surface area (Å²) in [6.45, 7) is 0. The molecule has 0 saturated heterocycles. The van der Waals surface area contributed by atoms with Crippen LogP contribution in [0.3, 0.4) is 0 Å². The number of nitrogen functional groups attached to an aromatic ring is 2. The standard InChI is InChI=1S/C9H16N6/c10-7-5-2-1-4(3-5)6(7)8-13-14-9(11)15(8)12/h4-7H,1-3,10,12H2,(H2,11,14). The first kappa shape index (κ1) is 8.96. The zero-order valence-corrected chi connectivity index (χ0v) is 8.50. The van der Waals surface area contributed by atoms with Gasteiger partial charge in [0.25, 0.3) is 0 Å². The van der Waals surface area contributed by atoms with E-state index in [1.54, 1.807) is 0 Å². The van der Waals surface area contributed by atoms with Gasteiger partial charge in [0, 0.05) is 12.0 Å². The molecule has 0 aliphatic heterocycles. The van der Waals surface area contributed by atoms with Crippen LogP contribution in [0.25, 0.3) is 0 Å². The Morgan fingerprint density at radius 1 is 1.20 bits per heavy atom. The highest BCUT2D eigenvalue weighted by Crippen LogP contribution is 2.51. The van der Waals surface area contributed by atoms with Crippen molar-refractivity contribution in [1.29, 1.82) is 0 Å². The molecule has 2 saturated carbocycles. The third-order valence-electron chi connectivity index (χ3n) is 4.03. The molecular formula is C9H16N6. The number of anilines is 1. The van der Waals surface area contributed by atoms with Crippen LogP contribution in [-0.2, 0) is 0 Å². The zero-order valence-electron chi connectivity index (χ0n) is 8.50. The molecule has 4 unspecified atom stereocenters. The Morgan fingerprint density at radius 2 is 1.93 bits per heavy atom. The number of aromatic nitrogens is 3. The first-order chi connectivity index (χ1) is 7.18. The van der Waals surface area contributed by atoms with Crippen LogP contribution < -0.4 is 17.3 Å². The van der Waals surface area contributed by atoms with E-state index in [1.807, 2.05) is 0 Å². The molecule has 6 nitrogen and oxygen atoms in total. The van der Waals surface area contributed by atoms with Crippen LogP contribution in [0.4, 0.5) is 5.95 Å². The number of hydrogen-bond donors (Lipinski definition) is 3. The van der Waals surface area contributed by atoms with Gasteiger partial charge in [-0.15, -0.1) is 10.2 Å². The average molecular weight is 208 g/mol. The molecule has 0 radical (unpaired) electrons. The van der Waals surface area contributed by atoms with Crippen molar-refractivity contribution in [1.82, 2.24) is 14.9 Å². The van der Waals surface area contributed by atoms with Gasteiger partial charge in [0.1, 0.15) is 0 Å². The zero-order chi connectivity index (χ0) is 10.6. The molecule has 1 aromatic rings. The largest absolute Gasteiger partial charge is 0.366 e. The van der Waals surface area contributed by atoms with Crippen LogP contribution in [0.1, 0.15) is 31.0 Å². The van der Waals surface area contributed by atoms with E-state index >= 15 is 0 Å². The molecule has 1 aromatic heterocycles.